The molecule has 208 valence electrons. The topological polar surface area (TPSA) is 91.4 Å². The van der Waals surface area contributed by atoms with Crippen LogP contribution in [0.1, 0.15) is 71.5 Å². The number of aliphatic hydroxyl groups is 1. The first-order valence-corrected chi connectivity index (χ1v) is 14.4. The zero-order chi connectivity index (χ0) is 28.5. The Morgan fingerprint density at radius 2 is 1.90 bits per heavy atom. The number of likely N-dealkylation sites (tertiary alicyclic amines) is 1. The molecule has 2 aliphatic heterocycles. The van der Waals surface area contributed by atoms with Crippen molar-refractivity contribution < 1.29 is 14.6 Å². The number of ether oxygens (including phenoxy) is 1. The maximum Gasteiger partial charge on any atom is 0.256 e. The summed E-state index contributed by atoms with van der Waals surface area (Å²) in [4.78, 5) is 20.3. The Bertz CT molecular complexity index is 1700. The number of benzene rings is 3. The molecule has 3 aromatic carbocycles. The van der Waals surface area contributed by atoms with Gasteiger partial charge in [0.05, 0.1) is 23.3 Å². The predicted octanol–water partition coefficient (Wildman–Crippen LogP) is 5.87. The minimum atomic E-state index is -0.332. The Kier molecular flexibility index (Phi) is 7.34. The van der Waals surface area contributed by atoms with Gasteiger partial charge in [-0.15, -0.1) is 0 Å². The fourth-order valence-corrected chi connectivity index (χ4v) is 6.05. The molecule has 1 fully saturated rings. The Balaban J connectivity index is 1.38. The molecule has 1 N–H and O–H groups in total. The van der Waals surface area contributed by atoms with Crippen molar-refractivity contribution in [2.75, 3.05) is 13.1 Å². The minimum Gasteiger partial charge on any atom is -0.488 e. The molecule has 3 heterocycles. The molecule has 0 saturated carbocycles. The van der Waals surface area contributed by atoms with E-state index >= 15 is 0 Å². The summed E-state index contributed by atoms with van der Waals surface area (Å²) < 4.78 is 8.43. The van der Waals surface area contributed by atoms with Gasteiger partial charge in [-0.2, -0.15) is 5.26 Å². The van der Waals surface area contributed by atoms with Gasteiger partial charge in [0.1, 0.15) is 23.7 Å². The molecule has 4 aromatic rings. The van der Waals surface area contributed by atoms with Gasteiger partial charge in [0, 0.05) is 42.8 Å². The number of nitrogens with zero attached hydrogens (tertiary/aromatic N) is 4. The number of piperidine rings is 1. The van der Waals surface area contributed by atoms with E-state index in [2.05, 4.69) is 35.8 Å². The Morgan fingerprint density at radius 1 is 1.10 bits per heavy atom. The summed E-state index contributed by atoms with van der Waals surface area (Å²) >= 11 is 0. The Hall–Kier alpha value is -4.41. The van der Waals surface area contributed by atoms with Gasteiger partial charge >= 0.3 is 0 Å². The number of hydrogen-bond acceptors (Lipinski definition) is 5. The van der Waals surface area contributed by atoms with Crippen LogP contribution in [0.15, 0.2) is 66.2 Å². The van der Waals surface area contributed by atoms with Crippen LogP contribution in [0.25, 0.3) is 16.6 Å². The number of imidazole rings is 1. The van der Waals surface area contributed by atoms with Gasteiger partial charge in [0.15, 0.2) is 0 Å². The summed E-state index contributed by atoms with van der Waals surface area (Å²) in [6.45, 7) is 6.13. The van der Waals surface area contributed by atoms with E-state index in [-0.39, 0.29) is 12.0 Å². The Labute approximate surface area is 240 Å². The molecule has 0 spiro atoms. The Morgan fingerprint density at radius 3 is 2.68 bits per heavy atom. The number of aromatic nitrogens is 2. The van der Waals surface area contributed by atoms with E-state index in [4.69, 9.17) is 9.72 Å². The second kappa shape index (κ2) is 11.2. The van der Waals surface area contributed by atoms with Gasteiger partial charge in [0.2, 0.25) is 0 Å². The summed E-state index contributed by atoms with van der Waals surface area (Å²) in [5.74, 6) is 1.71. The highest BCUT2D eigenvalue weighted by Crippen LogP contribution is 2.39. The number of para-hydroxylation sites is 2. The van der Waals surface area contributed by atoms with Crippen LogP contribution in [0.4, 0.5) is 0 Å². The van der Waals surface area contributed by atoms with Gasteiger partial charge in [-0.1, -0.05) is 43.3 Å². The van der Waals surface area contributed by atoms with E-state index in [1.807, 2.05) is 54.3 Å². The van der Waals surface area contributed by atoms with Crippen molar-refractivity contribution >= 4 is 22.5 Å². The first-order chi connectivity index (χ1) is 20.0. The number of hydrogen-bond donors (Lipinski definition) is 1. The molecule has 0 atom stereocenters. The van der Waals surface area contributed by atoms with Crippen molar-refractivity contribution in [3.8, 4) is 11.8 Å². The molecule has 0 unspecified atom stereocenters. The summed E-state index contributed by atoms with van der Waals surface area (Å²) in [5.41, 5.74) is 7.94. The van der Waals surface area contributed by atoms with Crippen molar-refractivity contribution in [2.24, 2.45) is 0 Å². The van der Waals surface area contributed by atoms with E-state index in [9.17, 15) is 15.2 Å². The normalized spacial score (nSPS) is 16.4. The van der Waals surface area contributed by atoms with Crippen LogP contribution in [0, 0.1) is 11.3 Å². The number of fused-ring (bicyclic) bond motifs is 3. The second-order valence-electron chi connectivity index (χ2n) is 10.9. The van der Waals surface area contributed by atoms with Crippen molar-refractivity contribution in [1.29, 1.82) is 5.26 Å². The van der Waals surface area contributed by atoms with Gasteiger partial charge in [-0.25, -0.2) is 4.98 Å². The summed E-state index contributed by atoms with van der Waals surface area (Å²) in [6, 6.07) is 22.5. The number of nitriles is 1. The average Bonchev–Trinajstić information content (AvgIpc) is 3.24. The molecule has 7 nitrogen and oxygen atoms in total. The van der Waals surface area contributed by atoms with E-state index in [1.165, 1.54) is 0 Å². The maximum absolute atomic E-state index is 13.5. The standard InChI is InChI=1S/C34H34N4O3/c1-3-7-31-36-33-28(34(40)37-16-14-25(39)15-17-37)9-6-10-29(33)38(31)20-23-12-13-26-24(18-23)21-41-30-11-5-4-8-27(30)32(26)22(2)19-35/h4-6,8-13,18,25,39H,3,7,14-17,20-21H2,1-2H3. The maximum atomic E-state index is 13.5. The highest BCUT2D eigenvalue weighted by Gasteiger charge is 2.26. The predicted molar refractivity (Wildman–Crippen MR) is 158 cm³/mol. The van der Waals surface area contributed by atoms with Crippen molar-refractivity contribution in [3.05, 3.63) is 99.9 Å². The summed E-state index contributed by atoms with van der Waals surface area (Å²) in [5, 5.41) is 19.7. The molecule has 1 amide bonds. The van der Waals surface area contributed by atoms with Crippen LogP contribution in [0.3, 0.4) is 0 Å². The third kappa shape index (κ3) is 5.00. The fraction of sp³-hybridized carbons (Fsp3) is 0.324. The lowest BCUT2D eigenvalue weighted by Crippen LogP contribution is -2.40. The number of aliphatic hydroxyl groups excluding tert-OH is 1. The van der Waals surface area contributed by atoms with E-state index in [0.717, 1.165) is 63.3 Å². The van der Waals surface area contributed by atoms with Crippen molar-refractivity contribution in [3.63, 3.8) is 0 Å². The fourth-order valence-electron chi connectivity index (χ4n) is 6.05. The number of carbonyl (C=O) groups excluding carboxylic acids is 1. The third-order valence-electron chi connectivity index (χ3n) is 8.18. The van der Waals surface area contributed by atoms with E-state index in [1.54, 1.807) is 0 Å². The van der Waals surface area contributed by atoms with Gasteiger partial charge in [-0.05, 0) is 67.1 Å². The molecule has 0 aliphatic carbocycles. The number of allylic oxidation sites excluding steroid dienone is 1. The SMILES string of the molecule is CCCc1nc2c(C(=O)N3CCC(O)CC3)cccc2n1Cc1ccc2c(c1)COc1ccccc1C2=C(C)C#N. The lowest BCUT2D eigenvalue weighted by molar-refractivity contribution is 0.0548. The highest BCUT2D eigenvalue weighted by atomic mass is 16.5. The lowest BCUT2D eigenvalue weighted by atomic mass is 9.90. The molecule has 6 rings (SSSR count). The number of carbonyl (C=O) groups is 1. The molecule has 1 saturated heterocycles. The van der Waals surface area contributed by atoms with Gasteiger partial charge in [0.25, 0.3) is 5.91 Å². The number of amides is 1. The average molecular weight is 547 g/mol. The van der Waals surface area contributed by atoms with E-state index in [0.29, 0.717) is 50.2 Å². The lowest BCUT2D eigenvalue weighted by Gasteiger charge is -2.29. The molecule has 0 bridgehead atoms. The van der Waals surface area contributed by atoms with Gasteiger partial charge < -0.3 is 19.3 Å². The van der Waals surface area contributed by atoms with Crippen LogP contribution >= 0.6 is 0 Å². The third-order valence-corrected chi connectivity index (χ3v) is 8.18. The first-order valence-electron chi connectivity index (χ1n) is 14.4. The van der Waals surface area contributed by atoms with Crippen molar-refractivity contribution in [2.45, 2.75) is 58.8 Å². The molecule has 7 heteroatoms. The second-order valence-corrected chi connectivity index (χ2v) is 10.9. The van der Waals surface area contributed by atoms with Crippen LogP contribution in [-0.4, -0.2) is 44.7 Å². The monoisotopic (exact) mass is 546 g/mol. The smallest absolute Gasteiger partial charge is 0.256 e. The van der Waals surface area contributed by atoms with Crippen molar-refractivity contribution in [1.82, 2.24) is 14.5 Å². The van der Waals surface area contributed by atoms with Crippen LogP contribution in [0.5, 0.6) is 5.75 Å². The summed E-state index contributed by atoms with van der Waals surface area (Å²) in [7, 11) is 0. The van der Waals surface area contributed by atoms with E-state index < -0.39 is 0 Å². The minimum absolute atomic E-state index is 0.0240. The van der Waals surface area contributed by atoms with Crippen LogP contribution < -0.4 is 4.74 Å². The molecular formula is C34H34N4O3. The zero-order valence-corrected chi connectivity index (χ0v) is 23.6. The number of rotatable bonds is 5. The summed E-state index contributed by atoms with van der Waals surface area (Å²) in [6.07, 6.45) is 2.62. The molecular weight excluding hydrogens is 512 g/mol. The number of aryl methyl sites for hydroxylation is 1. The highest BCUT2D eigenvalue weighted by molar-refractivity contribution is 6.05. The quantitative estimate of drug-likeness (QED) is 0.316. The molecule has 1 aromatic heterocycles. The van der Waals surface area contributed by atoms with Gasteiger partial charge in [-0.3, -0.25) is 4.79 Å². The zero-order valence-electron chi connectivity index (χ0n) is 23.6. The molecule has 0 radical (unpaired) electrons. The first kappa shape index (κ1) is 26.8. The molecule has 2 aliphatic rings. The van der Waals surface area contributed by atoms with Crippen LogP contribution in [-0.2, 0) is 19.6 Å². The largest absolute Gasteiger partial charge is 0.488 e. The molecule has 41 heavy (non-hydrogen) atoms. The van der Waals surface area contributed by atoms with Crippen LogP contribution in [0.2, 0.25) is 0 Å².